The number of halogens is 1. The number of carbonyl (C=O) groups is 2. The van der Waals surface area contributed by atoms with Crippen LogP contribution in [0, 0.1) is 0 Å². The lowest BCUT2D eigenvalue weighted by molar-refractivity contribution is -0.190. The van der Waals surface area contributed by atoms with Gasteiger partial charge in [0.2, 0.25) is 0 Å². The van der Waals surface area contributed by atoms with Gasteiger partial charge in [0.1, 0.15) is 0 Å². The van der Waals surface area contributed by atoms with Crippen LogP contribution in [0.2, 0.25) is 5.02 Å². The Hall–Kier alpha value is -2.44. The third-order valence-electron chi connectivity index (χ3n) is 4.90. The Labute approximate surface area is 169 Å². The molecule has 0 saturated heterocycles. The van der Waals surface area contributed by atoms with Crippen molar-refractivity contribution in [2.45, 2.75) is 38.5 Å². The van der Waals surface area contributed by atoms with Crippen molar-refractivity contribution in [1.82, 2.24) is 10.0 Å². The number of aryl methyl sites for hydroxylation is 1. The van der Waals surface area contributed by atoms with E-state index in [1.807, 2.05) is 24.3 Å². The molecule has 1 aromatic heterocycles. The van der Waals surface area contributed by atoms with Gasteiger partial charge in [-0.1, -0.05) is 17.7 Å². The molecule has 28 heavy (non-hydrogen) atoms. The fraction of sp³-hybridized carbons (Fsp3) is 0.381. The van der Waals surface area contributed by atoms with Gasteiger partial charge >= 0.3 is 11.9 Å². The minimum Gasteiger partial charge on any atom is -0.481 e. The molecule has 1 aliphatic rings. The van der Waals surface area contributed by atoms with Gasteiger partial charge in [0, 0.05) is 30.5 Å². The molecule has 0 fully saturated rings. The van der Waals surface area contributed by atoms with Gasteiger partial charge in [-0.3, -0.25) is 14.6 Å². The van der Waals surface area contributed by atoms with Crippen LogP contribution >= 0.6 is 11.6 Å². The zero-order valence-electron chi connectivity index (χ0n) is 15.6. The number of hydrogen-bond acceptors (Lipinski definition) is 5. The van der Waals surface area contributed by atoms with E-state index in [9.17, 15) is 9.59 Å². The average Bonchev–Trinajstić information content (AvgIpc) is 2.89. The fourth-order valence-corrected chi connectivity index (χ4v) is 3.70. The van der Waals surface area contributed by atoms with Crippen LogP contribution in [0.3, 0.4) is 0 Å². The summed E-state index contributed by atoms with van der Waals surface area (Å²) in [7, 11) is 0. The van der Waals surface area contributed by atoms with Gasteiger partial charge in [0.25, 0.3) is 0 Å². The molecule has 6 nitrogen and oxygen atoms in total. The summed E-state index contributed by atoms with van der Waals surface area (Å²) in [4.78, 5) is 31.8. The zero-order valence-corrected chi connectivity index (χ0v) is 16.3. The number of benzene rings is 1. The second-order valence-electron chi connectivity index (χ2n) is 6.81. The second-order valence-corrected chi connectivity index (χ2v) is 7.21. The molecule has 7 heteroatoms. The van der Waals surface area contributed by atoms with Crippen LogP contribution in [-0.2, 0) is 40.1 Å². The first-order valence-corrected chi connectivity index (χ1v) is 9.76. The maximum Gasteiger partial charge on any atom is 0.325 e. The lowest BCUT2D eigenvalue weighted by Crippen LogP contribution is -2.30. The van der Waals surface area contributed by atoms with Gasteiger partial charge in [-0.25, -0.2) is 0 Å². The van der Waals surface area contributed by atoms with Crippen molar-refractivity contribution in [2.75, 3.05) is 13.1 Å². The number of rotatable bonds is 7. The minimum absolute atomic E-state index is 0.123. The molecule has 0 aliphatic carbocycles. The molecule has 2 heterocycles. The SMILES string of the molecule is O=C(O)CCC(=O)ON1CCc2ccc(Cl)c(CCc3ccncc3)c2CC1. The molecular weight excluding hydrogens is 380 g/mol. The maximum absolute atomic E-state index is 11.8. The first-order chi connectivity index (χ1) is 13.5. The van der Waals surface area contributed by atoms with Crippen molar-refractivity contribution >= 4 is 23.5 Å². The molecular formula is C21H23ClN2O4. The summed E-state index contributed by atoms with van der Waals surface area (Å²) in [5.41, 5.74) is 4.81. The van der Waals surface area contributed by atoms with Crippen molar-refractivity contribution < 1.29 is 19.5 Å². The third kappa shape index (κ3) is 5.53. The van der Waals surface area contributed by atoms with Crippen LogP contribution < -0.4 is 0 Å². The number of carbonyl (C=O) groups excluding carboxylic acids is 1. The fourth-order valence-electron chi connectivity index (χ4n) is 3.43. The number of pyridine rings is 1. The van der Waals surface area contributed by atoms with Crippen molar-refractivity contribution in [3.63, 3.8) is 0 Å². The van der Waals surface area contributed by atoms with Gasteiger partial charge < -0.3 is 9.94 Å². The molecule has 0 bridgehead atoms. The van der Waals surface area contributed by atoms with Gasteiger partial charge in [-0.05, 0) is 66.1 Å². The summed E-state index contributed by atoms with van der Waals surface area (Å²) in [5.74, 6) is -1.52. The maximum atomic E-state index is 11.8. The number of carboxylic acid groups (broad SMARTS) is 1. The smallest absolute Gasteiger partial charge is 0.325 e. The first-order valence-electron chi connectivity index (χ1n) is 9.38. The number of aromatic nitrogens is 1. The molecule has 0 radical (unpaired) electrons. The Morgan fingerprint density at radius 2 is 1.82 bits per heavy atom. The largest absolute Gasteiger partial charge is 0.481 e. The highest BCUT2D eigenvalue weighted by Gasteiger charge is 2.21. The number of fused-ring (bicyclic) bond motifs is 1. The molecule has 0 spiro atoms. The number of hydrogen-bond donors (Lipinski definition) is 1. The van der Waals surface area contributed by atoms with Gasteiger partial charge in [-0.2, -0.15) is 0 Å². The molecule has 2 aromatic rings. The quantitative estimate of drug-likeness (QED) is 0.765. The Kier molecular flexibility index (Phi) is 7.01. The molecule has 3 rings (SSSR count). The van der Waals surface area contributed by atoms with Gasteiger partial charge in [-0.15, -0.1) is 5.06 Å². The zero-order chi connectivity index (χ0) is 19.9. The molecule has 1 aliphatic heterocycles. The summed E-state index contributed by atoms with van der Waals surface area (Å²) >= 11 is 6.51. The molecule has 0 atom stereocenters. The van der Waals surface area contributed by atoms with Crippen LogP contribution in [-0.4, -0.2) is 40.2 Å². The number of aliphatic carboxylic acids is 1. The van der Waals surface area contributed by atoms with E-state index in [0.29, 0.717) is 13.1 Å². The van der Waals surface area contributed by atoms with E-state index in [0.717, 1.165) is 36.3 Å². The average molecular weight is 403 g/mol. The van der Waals surface area contributed by atoms with Crippen LogP contribution in [0.15, 0.2) is 36.7 Å². The first kappa shape index (κ1) is 20.3. The Morgan fingerprint density at radius 1 is 1.07 bits per heavy atom. The van der Waals surface area contributed by atoms with Crippen molar-refractivity contribution in [3.05, 3.63) is 63.9 Å². The topological polar surface area (TPSA) is 79.7 Å². The van der Waals surface area contributed by atoms with E-state index < -0.39 is 11.9 Å². The summed E-state index contributed by atoms with van der Waals surface area (Å²) in [6.07, 6.45) is 6.44. The minimum atomic E-state index is -1.01. The number of hydroxylamine groups is 2. The van der Waals surface area contributed by atoms with Crippen molar-refractivity contribution in [1.29, 1.82) is 0 Å². The molecule has 0 saturated carbocycles. The second kappa shape index (κ2) is 9.66. The van der Waals surface area contributed by atoms with E-state index in [2.05, 4.69) is 4.98 Å². The molecule has 0 unspecified atom stereocenters. The highest BCUT2D eigenvalue weighted by atomic mass is 35.5. The Morgan fingerprint density at radius 3 is 2.57 bits per heavy atom. The summed E-state index contributed by atoms with van der Waals surface area (Å²) < 4.78 is 0. The van der Waals surface area contributed by atoms with E-state index in [1.165, 1.54) is 16.7 Å². The summed E-state index contributed by atoms with van der Waals surface area (Å²) in [5, 5.41) is 11.1. The highest BCUT2D eigenvalue weighted by molar-refractivity contribution is 6.31. The van der Waals surface area contributed by atoms with Gasteiger partial charge in [0.05, 0.1) is 12.8 Å². The Bertz CT molecular complexity index is 842. The van der Waals surface area contributed by atoms with Crippen LogP contribution in [0.1, 0.15) is 35.1 Å². The lowest BCUT2D eigenvalue weighted by atomic mass is 9.93. The van der Waals surface area contributed by atoms with E-state index in [4.69, 9.17) is 21.5 Å². The molecule has 0 amide bonds. The van der Waals surface area contributed by atoms with Crippen molar-refractivity contribution in [3.8, 4) is 0 Å². The van der Waals surface area contributed by atoms with Crippen LogP contribution in [0.4, 0.5) is 0 Å². The van der Waals surface area contributed by atoms with Crippen LogP contribution in [0.5, 0.6) is 0 Å². The predicted octanol–water partition coefficient (Wildman–Crippen LogP) is 3.24. The third-order valence-corrected chi connectivity index (χ3v) is 5.25. The van der Waals surface area contributed by atoms with E-state index in [1.54, 1.807) is 17.5 Å². The monoisotopic (exact) mass is 402 g/mol. The predicted molar refractivity (Wildman–Crippen MR) is 105 cm³/mol. The Balaban J connectivity index is 1.66. The molecule has 1 aromatic carbocycles. The summed E-state index contributed by atoms with van der Waals surface area (Å²) in [6.45, 7) is 1.14. The number of nitrogens with zero attached hydrogens (tertiary/aromatic N) is 2. The van der Waals surface area contributed by atoms with E-state index >= 15 is 0 Å². The van der Waals surface area contributed by atoms with E-state index in [-0.39, 0.29) is 12.8 Å². The van der Waals surface area contributed by atoms with Crippen LogP contribution in [0.25, 0.3) is 0 Å². The van der Waals surface area contributed by atoms with Gasteiger partial charge in [0.15, 0.2) is 0 Å². The summed E-state index contributed by atoms with van der Waals surface area (Å²) in [6, 6.07) is 8.00. The van der Waals surface area contributed by atoms with Crippen molar-refractivity contribution in [2.24, 2.45) is 0 Å². The lowest BCUT2D eigenvalue weighted by Gasteiger charge is -2.18. The highest BCUT2D eigenvalue weighted by Crippen LogP contribution is 2.28. The molecule has 148 valence electrons. The number of carboxylic acids is 1. The normalized spacial score (nSPS) is 14.2. The molecule has 1 N–H and O–H groups in total. The standard InChI is InChI=1S/C21H23ClN2O4/c22-19-4-2-16-9-13-24(28-21(27)6-5-20(25)26)14-10-17(16)18(19)3-1-15-7-11-23-12-8-15/h2,4,7-8,11-12H,1,3,5-6,9-10,13-14H2,(H,25,26).